The molecule has 7 nitrogen and oxygen atoms in total. The Morgan fingerprint density at radius 3 is 1.80 bits per heavy atom. The Hall–Kier alpha value is -5.37. The highest BCUT2D eigenvalue weighted by Gasteiger charge is 2.34. The largest absolute Gasteiger partial charge is 0.467 e. The number of aromatic nitrogens is 1. The quantitative estimate of drug-likeness (QED) is 0.131. The number of amides is 1. The van der Waals surface area contributed by atoms with Crippen LogP contribution in [0.4, 0.5) is 5.69 Å². The predicted molar refractivity (Wildman–Crippen MR) is 203 cm³/mol. The lowest BCUT2D eigenvalue weighted by molar-refractivity contribution is -0.142. The van der Waals surface area contributed by atoms with Gasteiger partial charge in [0.2, 0.25) is 0 Å². The second kappa shape index (κ2) is 15.3. The summed E-state index contributed by atoms with van der Waals surface area (Å²) in [5.41, 5.74) is 2.67. The summed E-state index contributed by atoms with van der Waals surface area (Å²) in [6.07, 6.45) is 1.79. The smallest absolute Gasteiger partial charge is 0.329 e. The number of methoxy groups -OCH3 is 1. The minimum atomic E-state index is -1.02. The van der Waals surface area contributed by atoms with Crippen LogP contribution in [-0.2, 0) is 21.4 Å². The number of rotatable bonds is 10. The molecule has 0 spiro atoms. The van der Waals surface area contributed by atoms with Gasteiger partial charge in [-0.25, -0.2) is 4.79 Å². The van der Waals surface area contributed by atoms with Crippen LogP contribution in [0.15, 0.2) is 128 Å². The van der Waals surface area contributed by atoms with Gasteiger partial charge in [-0.15, -0.1) is 0 Å². The van der Waals surface area contributed by atoms with Crippen molar-refractivity contribution in [2.24, 2.45) is 0 Å². The molecule has 51 heavy (non-hydrogen) atoms. The average Bonchev–Trinajstić information content (AvgIpc) is 3.13. The normalized spacial score (nSPS) is 11.9. The summed E-state index contributed by atoms with van der Waals surface area (Å²) in [5, 5.41) is 2.68. The first-order chi connectivity index (χ1) is 24.5. The van der Waals surface area contributed by atoms with E-state index in [0.717, 1.165) is 22.1 Å². The third-order valence-corrected chi connectivity index (χ3v) is 8.88. The minimum Gasteiger partial charge on any atom is -0.467 e. The molecule has 0 unspecified atom stereocenters. The van der Waals surface area contributed by atoms with Crippen LogP contribution in [-0.4, -0.2) is 30.0 Å². The van der Waals surface area contributed by atoms with Gasteiger partial charge >= 0.3 is 5.97 Å². The van der Waals surface area contributed by atoms with Crippen LogP contribution in [0, 0.1) is 0 Å². The van der Waals surface area contributed by atoms with E-state index in [1.807, 2.05) is 42.5 Å². The zero-order valence-corrected chi connectivity index (χ0v) is 30.1. The molecule has 0 radical (unpaired) electrons. The molecule has 0 aliphatic heterocycles. The summed E-state index contributed by atoms with van der Waals surface area (Å²) >= 11 is 12.2. The lowest BCUT2D eigenvalue weighted by atomic mass is 9.87. The Bertz CT molecular complexity index is 2150. The van der Waals surface area contributed by atoms with Crippen molar-refractivity contribution in [3.05, 3.63) is 154 Å². The van der Waals surface area contributed by atoms with Gasteiger partial charge < -0.3 is 14.2 Å². The number of anilines is 1. The van der Waals surface area contributed by atoms with Crippen LogP contribution < -0.4 is 14.4 Å². The molecule has 0 bridgehead atoms. The van der Waals surface area contributed by atoms with E-state index in [-0.39, 0.29) is 17.5 Å². The molecular weight excluding hydrogens is 683 g/mol. The fraction of sp³-hybridized carbons (Fsp3) is 0.167. The van der Waals surface area contributed by atoms with Gasteiger partial charge in [-0.3, -0.25) is 14.7 Å². The molecule has 0 N–H and O–H groups in total. The lowest BCUT2D eigenvalue weighted by Gasteiger charge is -2.30. The third-order valence-electron chi connectivity index (χ3n) is 8.38. The maximum absolute atomic E-state index is 14.4. The number of carbonyl (C=O) groups is 2. The number of nitrogens with zero attached hydrogens (tertiary/aromatic N) is 2. The first-order valence-electron chi connectivity index (χ1n) is 16.3. The van der Waals surface area contributed by atoms with Crippen molar-refractivity contribution in [1.82, 2.24) is 4.98 Å². The van der Waals surface area contributed by atoms with Crippen molar-refractivity contribution < 1.29 is 23.8 Å². The highest BCUT2D eigenvalue weighted by atomic mass is 35.5. The number of hydrogen-bond donors (Lipinski definition) is 0. The van der Waals surface area contributed by atoms with E-state index < -0.39 is 17.9 Å². The Morgan fingerprint density at radius 1 is 0.686 bits per heavy atom. The second-order valence-corrected chi connectivity index (χ2v) is 13.9. The maximum atomic E-state index is 14.4. The van der Waals surface area contributed by atoms with Crippen LogP contribution in [0.3, 0.4) is 0 Å². The van der Waals surface area contributed by atoms with Crippen LogP contribution >= 0.6 is 23.2 Å². The van der Waals surface area contributed by atoms with Crippen molar-refractivity contribution in [1.29, 1.82) is 0 Å². The average molecular weight is 720 g/mol. The topological polar surface area (TPSA) is 78.0 Å². The molecule has 1 heterocycles. The van der Waals surface area contributed by atoms with Gasteiger partial charge in [-0.05, 0) is 113 Å². The van der Waals surface area contributed by atoms with Gasteiger partial charge in [-0.2, -0.15) is 0 Å². The number of halogens is 2. The van der Waals surface area contributed by atoms with Crippen molar-refractivity contribution >= 4 is 51.5 Å². The molecule has 258 valence electrons. The minimum absolute atomic E-state index is 0.0439. The van der Waals surface area contributed by atoms with Gasteiger partial charge in [0.15, 0.2) is 0 Å². The molecule has 9 heteroatoms. The molecule has 1 amide bonds. The Morgan fingerprint density at radius 2 is 1.22 bits per heavy atom. The van der Waals surface area contributed by atoms with E-state index in [0.29, 0.717) is 33.0 Å². The zero-order chi connectivity index (χ0) is 36.1. The van der Waals surface area contributed by atoms with Crippen LogP contribution in [0.5, 0.6) is 23.0 Å². The number of benzene rings is 5. The molecule has 5 aromatic carbocycles. The van der Waals surface area contributed by atoms with Gasteiger partial charge in [0, 0.05) is 33.7 Å². The number of fused-ring (bicyclic) bond motifs is 1. The van der Waals surface area contributed by atoms with Gasteiger partial charge in [0.05, 0.1) is 7.11 Å². The Labute approximate surface area is 307 Å². The van der Waals surface area contributed by atoms with E-state index >= 15 is 0 Å². The third kappa shape index (κ3) is 8.69. The SMILES string of the molecule is COC(=O)[C@H](Cc1ccc(Oc2ccc(Cl)cc2)cc1)N(C(=O)c1cc2ccc(Oc3ccc(C(C)(C)C)cc3)cc2cn1)c1ccc(Cl)cc1. The van der Waals surface area contributed by atoms with E-state index in [2.05, 4.69) is 37.9 Å². The van der Waals surface area contributed by atoms with E-state index in [1.54, 1.807) is 72.9 Å². The summed E-state index contributed by atoms with van der Waals surface area (Å²) < 4.78 is 17.3. The molecule has 6 aromatic rings. The predicted octanol–water partition coefficient (Wildman–Crippen LogP) is 10.9. The first kappa shape index (κ1) is 35.5. The molecule has 0 fully saturated rings. The summed E-state index contributed by atoms with van der Waals surface area (Å²) in [7, 11) is 1.30. The summed E-state index contributed by atoms with van der Waals surface area (Å²) in [4.78, 5) is 33.8. The summed E-state index contributed by atoms with van der Waals surface area (Å²) in [6, 6.07) is 35.4. The molecule has 0 aliphatic rings. The molecule has 0 saturated heterocycles. The summed E-state index contributed by atoms with van der Waals surface area (Å²) in [5.74, 6) is 1.54. The molecular formula is C42H36Cl2N2O5. The first-order valence-corrected chi connectivity index (χ1v) is 17.1. The Kier molecular flexibility index (Phi) is 10.6. The molecule has 1 atom stereocenters. The molecule has 0 aliphatic carbocycles. The van der Waals surface area contributed by atoms with Crippen molar-refractivity contribution in [3.63, 3.8) is 0 Å². The number of ether oxygens (including phenoxy) is 3. The number of carbonyl (C=O) groups excluding carboxylic acids is 2. The highest BCUT2D eigenvalue weighted by molar-refractivity contribution is 6.31. The fourth-order valence-electron chi connectivity index (χ4n) is 5.59. The monoisotopic (exact) mass is 718 g/mol. The maximum Gasteiger partial charge on any atom is 0.329 e. The van der Waals surface area contributed by atoms with Crippen LogP contribution in [0.2, 0.25) is 10.0 Å². The van der Waals surface area contributed by atoms with E-state index in [4.69, 9.17) is 37.4 Å². The van der Waals surface area contributed by atoms with Gasteiger partial charge in [-0.1, -0.05) is 74.3 Å². The molecule has 6 rings (SSSR count). The molecule has 1 aromatic heterocycles. The highest BCUT2D eigenvalue weighted by Crippen LogP contribution is 2.31. The zero-order valence-electron chi connectivity index (χ0n) is 28.6. The lowest BCUT2D eigenvalue weighted by Crippen LogP contribution is -2.47. The van der Waals surface area contributed by atoms with Gasteiger partial charge in [0.25, 0.3) is 5.91 Å². The van der Waals surface area contributed by atoms with Crippen molar-refractivity contribution in [3.8, 4) is 23.0 Å². The van der Waals surface area contributed by atoms with Crippen molar-refractivity contribution in [2.45, 2.75) is 38.6 Å². The van der Waals surface area contributed by atoms with Crippen LogP contribution in [0.1, 0.15) is 42.4 Å². The Balaban J connectivity index is 1.27. The standard InChI is InChI=1S/C42H36Cl2N2O5/c1-42(2,3)30-8-19-35(20-9-30)51-37-18-7-28-25-38(45-26-29(28)24-37)40(47)46(33-14-10-31(43)11-15-33)39(41(48)49-4)23-27-5-16-34(17-6-27)50-36-21-12-32(44)13-22-36/h5-22,24-26,39H,23H2,1-4H3/t39-/m0/s1. The van der Waals surface area contributed by atoms with E-state index in [9.17, 15) is 9.59 Å². The number of hydrogen-bond acceptors (Lipinski definition) is 6. The number of esters is 1. The number of pyridine rings is 1. The fourth-order valence-corrected chi connectivity index (χ4v) is 5.85. The molecule has 0 saturated carbocycles. The van der Waals surface area contributed by atoms with E-state index in [1.165, 1.54) is 17.6 Å². The van der Waals surface area contributed by atoms with Crippen molar-refractivity contribution in [2.75, 3.05) is 12.0 Å². The van der Waals surface area contributed by atoms with Crippen LogP contribution in [0.25, 0.3) is 10.8 Å². The van der Waals surface area contributed by atoms with Gasteiger partial charge in [0.1, 0.15) is 34.7 Å². The second-order valence-electron chi connectivity index (χ2n) is 13.0. The summed E-state index contributed by atoms with van der Waals surface area (Å²) in [6.45, 7) is 6.50.